The number of hydrogen-bond acceptors (Lipinski definition) is 7. The van der Waals surface area contributed by atoms with Crippen LogP contribution < -0.4 is 14.8 Å². The number of rotatable bonds is 8. The van der Waals surface area contributed by atoms with E-state index in [9.17, 15) is 9.18 Å². The largest absolute Gasteiger partial charge is 0.490 e. The first-order valence-electron chi connectivity index (χ1n) is 12.2. The van der Waals surface area contributed by atoms with E-state index in [-0.39, 0.29) is 34.9 Å². The summed E-state index contributed by atoms with van der Waals surface area (Å²) < 4.78 is 31.3. The SMILES string of the molecule is Cc1nnc(-c2ncc(F)cc2Oc2ccc(C(C)(C)c3ccc(O[C@H]4C[C@H](NC(=O)O)C4)cc3)cc2)o1. The standard InChI is InChI=1S/C28H27FN4O5/c1-16-32-33-26(36-16)25-24(12-19(29)15-30-25)38-22-10-6-18(7-11-22)28(2,3)17-4-8-21(9-5-17)37-23-13-20(14-23)31-27(34)35/h4-12,15,20,23,31H,13-14H2,1-3H3,(H,34,35)/t20-,23-. The molecule has 5 rings (SSSR count). The van der Waals surface area contributed by atoms with Crippen molar-refractivity contribution in [3.05, 3.63) is 83.6 Å². The zero-order valence-electron chi connectivity index (χ0n) is 21.1. The van der Waals surface area contributed by atoms with Crippen LogP contribution in [-0.4, -0.2) is 38.5 Å². The number of aromatic nitrogens is 3. The Labute approximate surface area is 218 Å². The maximum Gasteiger partial charge on any atom is 0.404 e. The van der Waals surface area contributed by atoms with Crippen LogP contribution in [0, 0.1) is 12.7 Å². The number of aryl methyl sites for hydroxylation is 1. The zero-order chi connectivity index (χ0) is 26.9. The molecule has 38 heavy (non-hydrogen) atoms. The summed E-state index contributed by atoms with van der Waals surface area (Å²) in [6, 6.07) is 16.7. The van der Waals surface area contributed by atoms with Crippen molar-refractivity contribution in [2.45, 2.75) is 51.2 Å². The molecular weight excluding hydrogens is 491 g/mol. The molecule has 0 saturated heterocycles. The lowest BCUT2D eigenvalue weighted by molar-refractivity contribution is 0.0833. The first-order chi connectivity index (χ1) is 18.2. The second kappa shape index (κ2) is 10.1. The van der Waals surface area contributed by atoms with E-state index in [0.29, 0.717) is 24.5 Å². The molecule has 1 aliphatic carbocycles. The number of benzene rings is 2. The lowest BCUT2D eigenvalue weighted by atomic mass is 9.78. The molecule has 1 saturated carbocycles. The first-order valence-corrected chi connectivity index (χ1v) is 12.2. The Balaban J connectivity index is 1.26. The molecule has 0 aliphatic heterocycles. The highest BCUT2D eigenvalue weighted by Crippen LogP contribution is 2.36. The molecule has 9 nitrogen and oxygen atoms in total. The summed E-state index contributed by atoms with van der Waals surface area (Å²) in [5.41, 5.74) is 2.11. The molecular formula is C28H27FN4O5. The number of hydrogen-bond donors (Lipinski definition) is 2. The molecule has 0 spiro atoms. The summed E-state index contributed by atoms with van der Waals surface area (Å²) in [5, 5.41) is 19.0. The number of halogens is 1. The maximum atomic E-state index is 13.9. The van der Waals surface area contributed by atoms with Crippen molar-refractivity contribution in [1.82, 2.24) is 20.5 Å². The third kappa shape index (κ3) is 5.44. The van der Waals surface area contributed by atoms with Crippen molar-refractivity contribution < 1.29 is 28.2 Å². The normalized spacial score (nSPS) is 16.9. The van der Waals surface area contributed by atoms with Gasteiger partial charge in [0.05, 0.1) is 6.20 Å². The van der Waals surface area contributed by atoms with E-state index in [1.165, 1.54) is 6.07 Å². The van der Waals surface area contributed by atoms with Gasteiger partial charge in [0.1, 0.15) is 23.4 Å². The highest BCUT2D eigenvalue weighted by molar-refractivity contribution is 5.65. The van der Waals surface area contributed by atoms with Crippen molar-refractivity contribution >= 4 is 6.09 Å². The van der Waals surface area contributed by atoms with Crippen LogP contribution in [-0.2, 0) is 5.41 Å². The van der Waals surface area contributed by atoms with Crippen LogP contribution >= 0.6 is 0 Å². The van der Waals surface area contributed by atoms with Crippen LogP contribution in [0.15, 0.2) is 65.2 Å². The fourth-order valence-electron chi connectivity index (χ4n) is 4.38. The Morgan fingerprint density at radius 1 is 1.05 bits per heavy atom. The quantitative estimate of drug-likeness (QED) is 0.297. The Hall–Kier alpha value is -4.47. The summed E-state index contributed by atoms with van der Waals surface area (Å²) in [6.07, 6.45) is 1.40. The van der Waals surface area contributed by atoms with E-state index in [2.05, 4.69) is 34.3 Å². The molecule has 0 radical (unpaired) electrons. The monoisotopic (exact) mass is 518 g/mol. The van der Waals surface area contributed by atoms with Crippen molar-refractivity contribution in [3.8, 4) is 28.8 Å². The van der Waals surface area contributed by atoms with Gasteiger partial charge in [-0.3, -0.25) is 0 Å². The smallest absolute Gasteiger partial charge is 0.404 e. The summed E-state index contributed by atoms with van der Waals surface area (Å²) in [7, 11) is 0. The predicted molar refractivity (Wildman–Crippen MR) is 136 cm³/mol. The molecule has 1 aliphatic rings. The van der Waals surface area contributed by atoms with Gasteiger partial charge in [0, 0.05) is 37.3 Å². The Bertz CT molecular complexity index is 1430. The third-order valence-corrected chi connectivity index (χ3v) is 6.65. The van der Waals surface area contributed by atoms with Gasteiger partial charge < -0.3 is 24.3 Å². The van der Waals surface area contributed by atoms with E-state index in [1.54, 1.807) is 6.92 Å². The molecule has 0 bridgehead atoms. The molecule has 4 aromatic rings. The molecule has 10 heteroatoms. The number of amides is 1. The fourth-order valence-corrected chi connectivity index (χ4v) is 4.38. The Morgan fingerprint density at radius 2 is 1.68 bits per heavy atom. The van der Waals surface area contributed by atoms with Crippen molar-refractivity contribution in [3.63, 3.8) is 0 Å². The number of nitrogens with one attached hydrogen (secondary N) is 1. The Kier molecular flexibility index (Phi) is 6.71. The van der Waals surface area contributed by atoms with Gasteiger partial charge in [-0.1, -0.05) is 38.1 Å². The van der Waals surface area contributed by atoms with Gasteiger partial charge >= 0.3 is 6.09 Å². The number of pyridine rings is 1. The van der Waals surface area contributed by atoms with Crippen LogP contribution in [0.2, 0.25) is 0 Å². The van der Waals surface area contributed by atoms with Crippen molar-refractivity contribution in [2.75, 3.05) is 0 Å². The minimum atomic E-state index is -1.01. The molecule has 2 N–H and O–H groups in total. The molecule has 196 valence electrons. The predicted octanol–water partition coefficient (Wildman–Crippen LogP) is 5.87. The summed E-state index contributed by atoms with van der Waals surface area (Å²) in [6.45, 7) is 5.91. The number of ether oxygens (including phenoxy) is 2. The van der Waals surface area contributed by atoms with E-state index < -0.39 is 11.9 Å². The van der Waals surface area contributed by atoms with Crippen LogP contribution in [0.5, 0.6) is 17.2 Å². The minimum Gasteiger partial charge on any atom is -0.490 e. The van der Waals surface area contributed by atoms with Gasteiger partial charge in [-0.05, 0) is 35.4 Å². The number of carbonyl (C=O) groups is 1. The zero-order valence-corrected chi connectivity index (χ0v) is 21.1. The molecule has 0 atom stereocenters. The molecule has 2 aromatic heterocycles. The minimum absolute atomic E-state index is 0.0101. The van der Waals surface area contributed by atoms with Crippen LogP contribution in [0.4, 0.5) is 9.18 Å². The van der Waals surface area contributed by atoms with Gasteiger partial charge in [-0.15, -0.1) is 10.2 Å². The van der Waals surface area contributed by atoms with Gasteiger partial charge in [0.2, 0.25) is 5.89 Å². The van der Waals surface area contributed by atoms with Gasteiger partial charge in [0.25, 0.3) is 5.89 Å². The highest BCUT2D eigenvalue weighted by Gasteiger charge is 2.32. The summed E-state index contributed by atoms with van der Waals surface area (Å²) >= 11 is 0. The van der Waals surface area contributed by atoms with Gasteiger partial charge in [0.15, 0.2) is 11.4 Å². The third-order valence-electron chi connectivity index (χ3n) is 6.65. The second-order valence-corrected chi connectivity index (χ2v) is 9.76. The van der Waals surface area contributed by atoms with Crippen molar-refractivity contribution in [1.29, 1.82) is 0 Å². The summed E-state index contributed by atoms with van der Waals surface area (Å²) in [4.78, 5) is 14.8. The maximum absolute atomic E-state index is 13.9. The van der Waals surface area contributed by atoms with E-state index in [1.807, 2.05) is 48.5 Å². The number of nitrogens with zero attached hydrogens (tertiary/aromatic N) is 3. The van der Waals surface area contributed by atoms with Crippen molar-refractivity contribution in [2.24, 2.45) is 0 Å². The highest BCUT2D eigenvalue weighted by atomic mass is 19.1. The molecule has 1 fully saturated rings. The van der Waals surface area contributed by atoms with Crippen LogP contribution in [0.25, 0.3) is 11.6 Å². The average Bonchev–Trinajstić information content (AvgIpc) is 3.29. The fraction of sp³-hybridized carbons (Fsp3) is 0.286. The second-order valence-electron chi connectivity index (χ2n) is 9.76. The molecule has 2 heterocycles. The molecule has 1 amide bonds. The van der Waals surface area contributed by atoms with E-state index in [0.717, 1.165) is 23.1 Å². The first kappa shape index (κ1) is 25.2. The van der Waals surface area contributed by atoms with Crippen LogP contribution in [0.3, 0.4) is 0 Å². The number of carboxylic acid groups (broad SMARTS) is 1. The van der Waals surface area contributed by atoms with E-state index >= 15 is 0 Å². The van der Waals surface area contributed by atoms with Gasteiger partial charge in [-0.25, -0.2) is 14.2 Å². The molecule has 2 aromatic carbocycles. The van der Waals surface area contributed by atoms with Gasteiger partial charge in [-0.2, -0.15) is 0 Å². The molecule has 0 unspecified atom stereocenters. The lowest BCUT2D eigenvalue weighted by Crippen LogP contribution is -2.48. The Morgan fingerprint density at radius 3 is 2.26 bits per heavy atom. The summed E-state index contributed by atoms with van der Waals surface area (Å²) in [5.74, 6) is 1.41. The van der Waals surface area contributed by atoms with E-state index in [4.69, 9.17) is 19.0 Å². The topological polar surface area (TPSA) is 120 Å². The lowest BCUT2D eigenvalue weighted by Gasteiger charge is -2.35. The average molecular weight is 519 g/mol. The van der Waals surface area contributed by atoms with Crippen LogP contribution in [0.1, 0.15) is 43.7 Å².